The Kier molecular flexibility index (Phi) is 8.72. The number of methoxy groups -OCH3 is 1. The first-order chi connectivity index (χ1) is 23.1. The number of aromatic nitrogens is 1. The van der Waals surface area contributed by atoms with E-state index >= 15 is 13.2 Å². The van der Waals surface area contributed by atoms with Crippen LogP contribution < -0.4 is 14.8 Å². The van der Waals surface area contributed by atoms with Crippen LogP contribution >= 0.6 is 0 Å². The van der Waals surface area contributed by atoms with Crippen molar-refractivity contribution in [1.82, 2.24) is 14.8 Å². The molecular weight excluding hydrogens is 634 g/mol. The van der Waals surface area contributed by atoms with Crippen LogP contribution in [0.5, 0.6) is 11.6 Å². The first-order valence-electron chi connectivity index (χ1n) is 15.5. The molecule has 3 aliphatic rings. The normalized spacial score (nSPS) is 21.4. The molecule has 1 aromatic heterocycles. The molecule has 0 bridgehead atoms. The van der Waals surface area contributed by atoms with E-state index in [1.54, 1.807) is 43.3 Å². The van der Waals surface area contributed by atoms with E-state index in [1.807, 2.05) is 11.9 Å². The second-order valence-electron chi connectivity index (χ2n) is 11.7. The fourth-order valence-electron chi connectivity index (χ4n) is 6.86. The van der Waals surface area contributed by atoms with Gasteiger partial charge in [-0.1, -0.05) is 18.2 Å². The molecule has 2 N–H and O–H groups in total. The lowest BCUT2D eigenvalue weighted by molar-refractivity contribution is -0.141. The summed E-state index contributed by atoms with van der Waals surface area (Å²) in [6.45, 7) is 3.95. The van der Waals surface area contributed by atoms with Gasteiger partial charge in [-0.2, -0.15) is 5.26 Å². The smallest absolute Gasteiger partial charge is 0.338 e. The molecule has 2 aliphatic heterocycles. The highest BCUT2D eigenvalue weighted by Gasteiger charge is 2.67. The second kappa shape index (κ2) is 12.8. The number of benzene rings is 2. The Morgan fingerprint density at radius 1 is 1.10 bits per heavy atom. The van der Waals surface area contributed by atoms with Gasteiger partial charge >= 0.3 is 5.97 Å². The minimum atomic E-state index is -5.12. The molecule has 13 heteroatoms. The topological polar surface area (TPSA) is 162 Å². The van der Waals surface area contributed by atoms with Gasteiger partial charge in [-0.25, -0.2) is 18.2 Å². The summed E-state index contributed by atoms with van der Waals surface area (Å²) in [5.74, 6) is -3.69. The summed E-state index contributed by atoms with van der Waals surface area (Å²) in [6.07, 6.45) is 1.46. The molecule has 1 aliphatic carbocycles. The molecule has 6 rings (SSSR count). The van der Waals surface area contributed by atoms with Gasteiger partial charge in [0, 0.05) is 56.1 Å². The predicted octanol–water partition coefficient (Wildman–Crippen LogP) is 3.36. The number of allylic oxidation sites excluding steroid dienone is 2. The first kappa shape index (κ1) is 32.7. The number of sulfone groups is 1. The van der Waals surface area contributed by atoms with Gasteiger partial charge in [-0.05, 0) is 67.6 Å². The van der Waals surface area contributed by atoms with Crippen molar-refractivity contribution in [3.8, 4) is 17.7 Å². The number of nitrogens with one attached hydrogen (secondary N) is 1. The third-order valence-corrected chi connectivity index (χ3v) is 11.5. The van der Waals surface area contributed by atoms with Crippen molar-refractivity contribution in [2.75, 3.05) is 58.8 Å². The van der Waals surface area contributed by atoms with Crippen molar-refractivity contribution in [2.45, 2.75) is 22.5 Å². The number of Topliss-reactive ketones (excluding diaryl/α,β-unsaturated/α-hetero) is 1. The zero-order chi connectivity index (χ0) is 34.2. The molecule has 3 aromatic rings. The summed E-state index contributed by atoms with van der Waals surface area (Å²) in [5.41, 5.74) is 0.800. The molecule has 2 unspecified atom stereocenters. The number of ketones is 1. The fraction of sp³-hybridized carbons (Fsp3) is 0.314. The van der Waals surface area contributed by atoms with E-state index in [4.69, 9.17) is 9.47 Å². The highest BCUT2D eigenvalue weighted by atomic mass is 32.2. The van der Waals surface area contributed by atoms with Crippen LogP contribution in [0.3, 0.4) is 0 Å². The van der Waals surface area contributed by atoms with Gasteiger partial charge in [0.15, 0.2) is 0 Å². The highest BCUT2D eigenvalue weighted by Crippen LogP contribution is 2.54. The monoisotopic (exact) mass is 669 g/mol. The molecule has 0 amide bonds. The molecule has 248 valence electrons. The SMILES string of the molecule is CCOc1ncccc1C1=C(N2CCN(C)CC2)C(C#N)=C(C2CNc3ccccc32)C(C(=O)O)(S(=O)(=O)c2ccc(OC)cc2)C1=O. The van der Waals surface area contributed by atoms with E-state index in [0.29, 0.717) is 43.2 Å². The number of carbonyl (C=O) groups excluding carboxylic acids is 1. The molecule has 2 atom stereocenters. The quantitative estimate of drug-likeness (QED) is 0.320. The van der Waals surface area contributed by atoms with E-state index in [0.717, 1.165) is 0 Å². The van der Waals surface area contributed by atoms with Crippen molar-refractivity contribution in [3.05, 3.63) is 94.8 Å². The van der Waals surface area contributed by atoms with Crippen LogP contribution in [0, 0.1) is 11.3 Å². The Balaban J connectivity index is 1.78. The molecule has 2 aromatic carbocycles. The van der Waals surface area contributed by atoms with E-state index in [2.05, 4.69) is 21.3 Å². The standard InChI is InChI=1S/C35H35N5O7S/c1-4-47-33-25(9-7-15-37-33)29-31(40-18-16-39(2)17-19-40)26(20-36)30(27-21-38-28-10-6-5-8-24(27)28)35(32(29)41,34(42)43)48(44,45)23-13-11-22(46-3)12-14-23/h5-15,27,38H,4,16-19,21H2,1-3H3,(H,42,43). The van der Waals surface area contributed by atoms with Gasteiger partial charge in [0.1, 0.15) is 11.8 Å². The number of nitrogens with zero attached hydrogens (tertiary/aromatic N) is 4. The van der Waals surface area contributed by atoms with Crippen LogP contribution in [0.15, 0.2) is 88.6 Å². The number of carbonyl (C=O) groups is 2. The minimum absolute atomic E-state index is 0.0183. The first-order valence-corrected chi connectivity index (χ1v) is 17.0. The summed E-state index contributed by atoms with van der Waals surface area (Å²) in [5, 5.41) is 25.7. The number of aliphatic carboxylic acids is 1. The van der Waals surface area contributed by atoms with Crippen LogP contribution in [0.1, 0.15) is 24.0 Å². The number of carboxylic acid groups (broad SMARTS) is 1. The van der Waals surface area contributed by atoms with E-state index in [-0.39, 0.29) is 47.0 Å². The lowest BCUT2D eigenvalue weighted by Gasteiger charge is -2.43. The van der Waals surface area contributed by atoms with Crippen LogP contribution in [0.4, 0.5) is 5.69 Å². The Labute approximate surface area is 278 Å². The highest BCUT2D eigenvalue weighted by molar-refractivity contribution is 7.94. The van der Waals surface area contributed by atoms with E-state index in [1.165, 1.54) is 37.6 Å². The number of ether oxygens (including phenoxy) is 2. The number of nitriles is 1. The lowest BCUT2D eigenvalue weighted by atomic mass is 9.71. The second-order valence-corrected chi connectivity index (χ2v) is 13.8. The molecule has 0 saturated carbocycles. The molecule has 12 nitrogen and oxygen atoms in total. The number of piperazine rings is 1. The van der Waals surface area contributed by atoms with Crippen molar-refractivity contribution >= 4 is 32.9 Å². The Hall–Kier alpha value is -5.19. The largest absolute Gasteiger partial charge is 0.497 e. The maximum atomic E-state index is 15.5. The van der Waals surface area contributed by atoms with Crippen molar-refractivity contribution < 1.29 is 32.6 Å². The molecule has 0 radical (unpaired) electrons. The van der Waals surface area contributed by atoms with Crippen LogP contribution in [-0.4, -0.2) is 98.3 Å². The Morgan fingerprint density at radius 3 is 2.46 bits per heavy atom. The average Bonchev–Trinajstić information content (AvgIpc) is 3.52. The Bertz CT molecular complexity index is 1990. The number of fused-ring (bicyclic) bond motifs is 1. The van der Waals surface area contributed by atoms with Gasteiger partial charge in [-0.3, -0.25) is 4.79 Å². The summed E-state index contributed by atoms with van der Waals surface area (Å²) in [6, 6.07) is 17.6. The Morgan fingerprint density at radius 2 is 1.81 bits per heavy atom. The van der Waals surface area contributed by atoms with Crippen LogP contribution in [-0.2, 0) is 19.4 Å². The number of hydrogen-bond acceptors (Lipinski definition) is 11. The number of carboxylic acids is 1. The molecule has 0 spiro atoms. The molecule has 1 saturated heterocycles. The van der Waals surface area contributed by atoms with Gasteiger partial charge in [0.25, 0.3) is 4.75 Å². The van der Waals surface area contributed by atoms with Crippen molar-refractivity contribution in [1.29, 1.82) is 5.26 Å². The number of anilines is 1. The summed E-state index contributed by atoms with van der Waals surface area (Å²) in [4.78, 5) is 37.4. The number of likely N-dealkylation sites (N-methyl/N-ethyl adjacent to an activating group) is 1. The van der Waals surface area contributed by atoms with Gasteiger partial charge in [-0.15, -0.1) is 0 Å². The molecule has 1 fully saturated rings. The number of rotatable bonds is 9. The van der Waals surface area contributed by atoms with E-state index in [9.17, 15) is 15.2 Å². The third-order valence-electron chi connectivity index (χ3n) is 9.18. The van der Waals surface area contributed by atoms with Crippen molar-refractivity contribution in [3.63, 3.8) is 0 Å². The summed E-state index contributed by atoms with van der Waals surface area (Å²) >= 11 is 0. The maximum absolute atomic E-state index is 15.5. The summed E-state index contributed by atoms with van der Waals surface area (Å²) in [7, 11) is -1.75. The zero-order valence-electron chi connectivity index (χ0n) is 26.8. The molecule has 48 heavy (non-hydrogen) atoms. The maximum Gasteiger partial charge on any atom is 0.338 e. The minimum Gasteiger partial charge on any atom is -0.497 e. The van der Waals surface area contributed by atoms with Crippen LogP contribution in [0.2, 0.25) is 0 Å². The van der Waals surface area contributed by atoms with Gasteiger partial charge < -0.3 is 29.7 Å². The van der Waals surface area contributed by atoms with Gasteiger partial charge in [0.2, 0.25) is 21.5 Å². The lowest BCUT2D eigenvalue weighted by Crippen LogP contribution is -2.59. The number of hydrogen-bond donors (Lipinski definition) is 2. The number of pyridine rings is 1. The zero-order valence-corrected chi connectivity index (χ0v) is 27.6. The average molecular weight is 670 g/mol. The summed E-state index contributed by atoms with van der Waals surface area (Å²) < 4.78 is 38.0. The third kappa shape index (κ3) is 4.99. The van der Waals surface area contributed by atoms with Gasteiger partial charge in [0.05, 0.1) is 35.5 Å². The molecular formula is C35H35N5O7S. The predicted molar refractivity (Wildman–Crippen MR) is 177 cm³/mol. The molecule has 3 heterocycles. The van der Waals surface area contributed by atoms with E-state index < -0.39 is 37.2 Å². The number of para-hydroxylation sites is 1. The van der Waals surface area contributed by atoms with Crippen molar-refractivity contribution in [2.24, 2.45) is 0 Å². The fourth-order valence-corrected chi connectivity index (χ4v) is 8.82. The van der Waals surface area contributed by atoms with Crippen LogP contribution in [0.25, 0.3) is 5.57 Å².